The maximum Gasteiger partial charge on any atom is 0.337 e. The number of carboxylic acids is 1. The quantitative estimate of drug-likeness (QED) is 0.543. The first-order chi connectivity index (χ1) is 9.49. The Labute approximate surface area is 122 Å². The number of nitrogens with two attached hydrogens (primary N) is 1. The number of hydrogen-bond acceptors (Lipinski definition) is 2. The van der Waals surface area contributed by atoms with Crippen LogP contribution in [-0.4, -0.2) is 11.1 Å². The molecule has 20 heavy (non-hydrogen) atoms. The molecule has 112 valence electrons. The fourth-order valence-corrected chi connectivity index (χ4v) is 2.54. The lowest BCUT2D eigenvalue weighted by Crippen LogP contribution is -2.08. The Morgan fingerprint density at radius 1 is 1.10 bits per heavy atom. The lowest BCUT2D eigenvalue weighted by atomic mass is 9.93. The monoisotopic (exact) mass is 277 g/mol. The van der Waals surface area contributed by atoms with Crippen LogP contribution in [0.15, 0.2) is 6.07 Å². The zero-order chi connectivity index (χ0) is 15.1. The van der Waals surface area contributed by atoms with Crippen molar-refractivity contribution >= 4 is 11.7 Å². The van der Waals surface area contributed by atoms with Crippen LogP contribution >= 0.6 is 0 Å². The zero-order valence-corrected chi connectivity index (χ0v) is 13.0. The van der Waals surface area contributed by atoms with Crippen molar-refractivity contribution < 1.29 is 9.90 Å². The van der Waals surface area contributed by atoms with Gasteiger partial charge in [0.1, 0.15) is 0 Å². The van der Waals surface area contributed by atoms with Crippen LogP contribution in [0.25, 0.3) is 0 Å². The maximum atomic E-state index is 11.2. The number of nitrogen functional groups attached to an aromatic ring is 1. The van der Waals surface area contributed by atoms with Gasteiger partial charge in [0.25, 0.3) is 0 Å². The molecule has 0 atom stereocenters. The molecule has 0 aliphatic carbocycles. The van der Waals surface area contributed by atoms with Crippen molar-refractivity contribution in [2.75, 3.05) is 5.73 Å². The van der Waals surface area contributed by atoms with E-state index in [9.17, 15) is 9.90 Å². The Balaban J connectivity index is 2.68. The maximum absolute atomic E-state index is 11.2. The molecular formula is C17H27NO2. The standard InChI is InChI=1S/C17H27NO2/c1-4-5-6-7-8-9-10-14-11-15(17(19)20)16(18)13(3)12(14)2/h11H,4-10,18H2,1-3H3,(H,19,20). The molecule has 0 radical (unpaired) electrons. The van der Waals surface area contributed by atoms with E-state index in [0.717, 1.165) is 29.5 Å². The predicted molar refractivity (Wildman–Crippen MR) is 84.4 cm³/mol. The first kappa shape index (κ1) is 16.5. The number of benzene rings is 1. The highest BCUT2D eigenvalue weighted by molar-refractivity contribution is 5.95. The highest BCUT2D eigenvalue weighted by Gasteiger charge is 2.14. The van der Waals surface area contributed by atoms with E-state index in [1.54, 1.807) is 6.07 Å². The summed E-state index contributed by atoms with van der Waals surface area (Å²) in [4.78, 5) is 11.2. The molecule has 0 saturated heterocycles. The van der Waals surface area contributed by atoms with E-state index < -0.39 is 5.97 Å². The summed E-state index contributed by atoms with van der Waals surface area (Å²) < 4.78 is 0. The van der Waals surface area contributed by atoms with Crippen LogP contribution in [0.2, 0.25) is 0 Å². The van der Waals surface area contributed by atoms with Gasteiger partial charge in [-0.05, 0) is 49.4 Å². The molecule has 1 aromatic rings. The highest BCUT2D eigenvalue weighted by Crippen LogP contribution is 2.26. The first-order valence-electron chi connectivity index (χ1n) is 7.60. The molecule has 3 N–H and O–H groups in total. The fourth-order valence-electron chi connectivity index (χ4n) is 2.54. The van der Waals surface area contributed by atoms with E-state index in [2.05, 4.69) is 6.92 Å². The fraction of sp³-hybridized carbons (Fsp3) is 0.588. The van der Waals surface area contributed by atoms with Crippen molar-refractivity contribution in [1.82, 2.24) is 0 Å². The van der Waals surface area contributed by atoms with Crippen molar-refractivity contribution in [2.24, 2.45) is 0 Å². The highest BCUT2D eigenvalue weighted by atomic mass is 16.4. The van der Waals surface area contributed by atoms with Crippen LogP contribution in [-0.2, 0) is 6.42 Å². The molecule has 0 saturated carbocycles. The van der Waals surface area contributed by atoms with Gasteiger partial charge in [0.15, 0.2) is 0 Å². The van der Waals surface area contributed by atoms with Crippen LogP contribution in [0.5, 0.6) is 0 Å². The third kappa shape index (κ3) is 4.26. The molecule has 1 rings (SSSR count). The minimum atomic E-state index is -0.935. The molecule has 3 heteroatoms. The number of unbranched alkanes of at least 4 members (excludes halogenated alkanes) is 5. The van der Waals surface area contributed by atoms with Gasteiger partial charge in [0.05, 0.1) is 5.56 Å². The van der Waals surface area contributed by atoms with Crippen molar-refractivity contribution in [3.8, 4) is 0 Å². The third-order valence-corrected chi connectivity index (χ3v) is 4.09. The van der Waals surface area contributed by atoms with Gasteiger partial charge >= 0.3 is 5.97 Å². The van der Waals surface area contributed by atoms with E-state index >= 15 is 0 Å². The predicted octanol–water partition coefficient (Wildman–Crippen LogP) is 4.49. The first-order valence-corrected chi connectivity index (χ1v) is 7.60. The molecule has 0 aromatic heterocycles. The molecule has 0 amide bonds. The summed E-state index contributed by atoms with van der Waals surface area (Å²) >= 11 is 0. The zero-order valence-electron chi connectivity index (χ0n) is 13.0. The van der Waals surface area contributed by atoms with E-state index in [0.29, 0.717) is 5.69 Å². The SMILES string of the molecule is CCCCCCCCc1cc(C(=O)O)c(N)c(C)c1C. The topological polar surface area (TPSA) is 63.3 Å². The summed E-state index contributed by atoms with van der Waals surface area (Å²) in [6, 6.07) is 1.76. The van der Waals surface area contributed by atoms with Gasteiger partial charge in [-0.25, -0.2) is 4.79 Å². The molecule has 1 aromatic carbocycles. The Hall–Kier alpha value is -1.51. The number of carbonyl (C=O) groups is 1. The summed E-state index contributed by atoms with van der Waals surface area (Å²) in [7, 11) is 0. The lowest BCUT2D eigenvalue weighted by molar-refractivity contribution is 0.0698. The Bertz CT molecular complexity index is 467. The molecule has 0 heterocycles. The van der Waals surface area contributed by atoms with Crippen LogP contribution in [0.1, 0.15) is 72.5 Å². The number of rotatable bonds is 8. The van der Waals surface area contributed by atoms with Crippen molar-refractivity contribution in [3.63, 3.8) is 0 Å². The van der Waals surface area contributed by atoms with Crippen LogP contribution in [0.3, 0.4) is 0 Å². The molecule has 0 bridgehead atoms. The number of aromatic carboxylic acids is 1. The Morgan fingerprint density at radius 2 is 1.70 bits per heavy atom. The van der Waals surface area contributed by atoms with E-state index in [-0.39, 0.29) is 5.56 Å². The second-order valence-electron chi connectivity index (χ2n) is 5.57. The minimum absolute atomic E-state index is 0.245. The van der Waals surface area contributed by atoms with Gasteiger partial charge in [-0.3, -0.25) is 0 Å². The van der Waals surface area contributed by atoms with Crippen LogP contribution < -0.4 is 5.73 Å². The number of hydrogen-bond donors (Lipinski definition) is 2. The Kier molecular flexibility index (Phi) is 6.56. The van der Waals surface area contributed by atoms with Gasteiger partial charge in [0, 0.05) is 5.69 Å². The van der Waals surface area contributed by atoms with E-state index in [1.807, 2.05) is 13.8 Å². The average molecular weight is 277 g/mol. The third-order valence-electron chi connectivity index (χ3n) is 4.09. The van der Waals surface area contributed by atoms with Gasteiger partial charge in [0.2, 0.25) is 0 Å². The van der Waals surface area contributed by atoms with Gasteiger partial charge in [-0.2, -0.15) is 0 Å². The second-order valence-corrected chi connectivity index (χ2v) is 5.57. The van der Waals surface area contributed by atoms with Crippen molar-refractivity contribution in [1.29, 1.82) is 0 Å². The van der Waals surface area contributed by atoms with Crippen molar-refractivity contribution in [2.45, 2.75) is 65.7 Å². The summed E-state index contributed by atoms with van der Waals surface area (Å²) in [5.41, 5.74) is 9.71. The molecule has 3 nitrogen and oxygen atoms in total. The van der Waals surface area contributed by atoms with E-state index in [1.165, 1.54) is 32.1 Å². The molecule has 0 fully saturated rings. The van der Waals surface area contributed by atoms with Gasteiger partial charge in [-0.15, -0.1) is 0 Å². The van der Waals surface area contributed by atoms with Crippen LogP contribution in [0, 0.1) is 13.8 Å². The largest absolute Gasteiger partial charge is 0.478 e. The average Bonchev–Trinajstić information content (AvgIpc) is 2.42. The summed E-state index contributed by atoms with van der Waals surface area (Å²) in [6.45, 7) is 6.15. The smallest absolute Gasteiger partial charge is 0.337 e. The number of anilines is 1. The second kappa shape index (κ2) is 7.93. The summed E-state index contributed by atoms with van der Waals surface area (Å²) in [5.74, 6) is -0.935. The summed E-state index contributed by atoms with van der Waals surface area (Å²) in [5, 5.41) is 9.19. The molecule has 0 aliphatic heterocycles. The van der Waals surface area contributed by atoms with Crippen molar-refractivity contribution in [3.05, 3.63) is 28.3 Å². The van der Waals surface area contributed by atoms with Gasteiger partial charge in [-0.1, -0.05) is 39.0 Å². The molecule has 0 spiro atoms. The normalized spacial score (nSPS) is 10.8. The molecular weight excluding hydrogens is 250 g/mol. The Morgan fingerprint density at radius 3 is 2.30 bits per heavy atom. The number of carboxylic acid groups (broad SMARTS) is 1. The van der Waals surface area contributed by atoms with Gasteiger partial charge < -0.3 is 10.8 Å². The summed E-state index contributed by atoms with van der Waals surface area (Å²) in [6.07, 6.45) is 8.42. The lowest BCUT2D eigenvalue weighted by Gasteiger charge is -2.14. The van der Waals surface area contributed by atoms with E-state index in [4.69, 9.17) is 5.73 Å². The molecule has 0 unspecified atom stereocenters. The minimum Gasteiger partial charge on any atom is -0.478 e. The molecule has 0 aliphatic rings. The number of aryl methyl sites for hydroxylation is 1. The van der Waals surface area contributed by atoms with Crippen LogP contribution in [0.4, 0.5) is 5.69 Å².